The molecule has 164 valence electrons. The van der Waals surface area contributed by atoms with Gasteiger partial charge in [-0.05, 0) is 30.7 Å². The van der Waals surface area contributed by atoms with Crippen LogP contribution in [0.3, 0.4) is 0 Å². The molecule has 0 amide bonds. The van der Waals surface area contributed by atoms with E-state index in [1.807, 2.05) is 4.90 Å². The molecule has 0 bridgehead atoms. The second-order valence-corrected chi connectivity index (χ2v) is 10.1. The van der Waals surface area contributed by atoms with Crippen LogP contribution in [0, 0.1) is 0 Å². The number of benzene rings is 2. The number of carbonyl (C=O) groups is 1. The largest absolute Gasteiger partial charge is 0.475 e. The number of carboxylic acid groups (broad SMARTS) is 1. The van der Waals surface area contributed by atoms with Crippen molar-refractivity contribution in [2.24, 2.45) is 0 Å². The second-order valence-electron chi connectivity index (χ2n) is 7.02. The van der Waals surface area contributed by atoms with Crippen LogP contribution in [-0.4, -0.2) is 50.0 Å². The summed E-state index contributed by atoms with van der Waals surface area (Å²) >= 11 is 18.7. The van der Waals surface area contributed by atoms with E-state index in [1.165, 1.54) is 22.5 Å². The van der Waals surface area contributed by atoms with Crippen LogP contribution >= 0.6 is 34.8 Å². The van der Waals surface area contributed by atoms with Gasteiger partial charge in [-0.15, -0.1) is 0 Å². The average molecular weight is 504 g/mol. The van der Waals surface area contributed by atoms with E-state index in [9.17, 15) is 13.2 Å². The lowest BCUT2D eigenvalue weighted by Gasteiger charge is -2.24. The second kappa shape index (κ2) is 8.52. The Hall–Kier alpha value is -1.97. The van der Waals surface area contributed by atoms with Gasteiger partial charge in [0.2, 0.25) is 15.8 Å². The summed E-state index contributed by atoms with van der Waals surface area (Å²) in [5.41, 5.74) is 1.06. The Morgan fingerprint density at radius 2 is 1.77 bits per heavy atom. The number of anilines is 1. The molecule has 4 rings (SSSR count). The van der Waals surface area contributed by atoms with Crippen molar-refractivity contribution >= 4 is 67.5 Å². The fraction of sp³-hybridized carbons (Fsp3) is 0.250. The number of furan rings is 1. The van der Waals surface area contributed by atoms with E-state index in [2.05, 4.69) is 0 Å². The van der Waals surface area contributed by atoms with Crippen LogP contribution in [0.5, 0.6) is 0 Å². The van der Waals surface area contributed by atoms with Gasteiger partial charge in [-0.3, -0.25) is 0 Å². The minimum Gasteiger partial charge on any atom is -0.475 e. The molecular weight excluding hydrogens is 487 g/mol. The first-order chi connectivity index (χ1) is 14.7. The van der Waals surface area contributed by atoms with Gasteiger partial charge in [0.05, 0.1) is 20.8 Å². The van der Waals surface area contributed by atoms with Gasteiger partial charge in [0, 0.05) is 37.6 Å². The minimum absolute atomic E-state index is 0.00737. The van der Waals surface area contributed by atoms with Gasteiger partial charge in [-0.25, -0.2) is 13.2 Å². The molecule has 1 fully saturated rings. The quantitative estimate of drug-likeness (QED) is 0.539. The Labute approximate surface area is 193 Å². The van der Waals surface area contributed by atoms with Crippen LogP contribution in [0.15, 0.2) is 45.7 Å². The minimum atomic E-state index is -3.82. The van der Waals surface area contributed by atoms with E-state index >= 15 is 0 Å². The van der Waals surface area contributed by atoms with E-state index < -0.39 is 16.0 Å². The Morgan fingerprint density at radius 1 is 1.00 bits per heavy atom. The van der Waals surface area contributed by atoms with Gasteiger partial charge in [0.15, 0.2) is 0 Å². The van der Waals surface area contributed by atoms with Crippen molar-refractivity contribution in [2.75, 3.05) is 31.1 Å². The third-order valence-electron chi connectivity index (χ3n) is 5.16. The highest BCUT2D eigenvalue weighted by molar-refractivity contribution is 7.89. The highest BCUT2D eigenvalue weighted by Gasteiger charge is 2.30. The Bertz CT molecular complexity index is 1280. The molecule has 0 aliphatic carbocycles. The van der Waals surface area contributed by atoms with Crippen molar-refractivity contribution in [3.05, 3.63) is 57.2 Å². The Kier molecular flexibility index (Phi) is 6.11. The van der Waals surface area contributed by atoms with E-state index in [4.69, 9.17) is 44.3 Å². The maximum absolute atomic E-state index is 13.1. The maximum atomic E-state index is 13.1. The first-order valence-electron chi connectivity index (χ1n) is 9.34. The van der Waals surface area contributed by atoms with Crippen molar-refractivity contribution in [3.8, 4) is 0 Å². The third-order valence-corrected chi connectivity index (χ3v) is 8.42. The van der Waals surface area contributed by atoms with Gasteiger partial charge in [0.1, 0.15) is 10.5 Å². The lowest BCUT2D eigenvalue weighted by Crippen LogP contribution is -2.35. The van der Waals surface area contributed by atoms with Crippen molar-refractivity contribution in [1.82, 2.24) is 4.31 Å². The van der Waals surface area contributed by atoms with E-state index in [1.54, 1.807) is 18.2 Å². The Morgan fingerprint density at radius 3 is 2.52 bits per heavy atom. The first kappa shape index (κ1) is 22.2. The molecule has 7 nitrogen and oxygen atoms in total. The molecular formula is C20H17Cl3N2O5S. The smallest absolute Gasteiger partial charge is 0.371 e. The lowest BCUT2D eigenvalue weighted by molar-refractivity contribution is 0.0665. The van der Waals surface area contributed by atoms with E-state index in [-0.39, 0.29) is 27.2 Å². The highest BCUT2D eigenvalue weighted by Crippen LogP contribution is 2.36. The predicted molar refractivity (Wildman–Crippen MR) is 120 cm³/mol. The van der Waals surface area contributed by atoms with Crippen LogP contribution in [0.25, 0.3) is 11.0 Å². The van der Waals surface area contributed by atoms with Crippen molar-refractivity contribution in [3.63, 3.8) is 0 Å². The van der Waals surface area contributed by atoms with Gasteiger partial charge < -0.3 is 14.4 Å². The molecule has 3 aromatic rings. The molecule has 0 unspecified atom stereocenters. The fourth-order valence-electron chi connectivity index (χ4n) is 3.61. The van der Waals surface area contributed by atoms with E-state index in [0.717, 1.165) is 0 Å². The average Bonchev–Trinajstić information content (AvgIpc) is 3.02. The molecule has 0 radical (unpaired) electrons. The van der Waals surface area contributed by atoms with Crippen LogP contribution in [0.4, 0.5) is 5.69 Å². The van der Waals surface area contributed by atoms with Crippen molar-refractivity contribution in [2.45, 2.75) is 11.3 Å². The van der Waals surface area contributed by atoms with Crippen molar-refractivity contribution in [1.29, 1.82) is 0 Å². The van der Waals surface area contributed by atoms with E-state index in [0.29, 0.717) is 47.7 Å². The number of carboxylic acids is 1. The summed E-state index contributed by atoms with van der Waals surface area (Å²) in [7, 11) is -3.82. The monoisotopic (exact) mass is 502 g/mol. The molecule has 0 atom stereocenters. The van der Waals surface area contributed by atoms with Crippen LogP contribution in [0.2, 0.25) is 15.1 Å². The zero-order valence-corrected chi connectivity index (χ0v) is 19.1. The SMILES string of the molecule is O=C(O)c1cc2c(Cl)c(N3CCCN(S(=O)(=O)c4cccc(Cl)c4Cl)CC3)ccc2o1. The molecule has 31 heavy (non-hydrogen) atoms. The van der Waals surface area contributed by atoms with Gasteiger partial charge in [0.25, 0.3) is 0 Å². The molecule has 2 heterocycles. The topological polar surface area (TPSA) is 91.1 Å². The van der Waals surface area contributed by atoms with Gasteiger partial charge in [-0.1, -0.05) is 40.9 Å². The molecule has 1 saturated heterocycles. The molecule has 11 heteroatoms. The number of halogens is 3. The molecule has 1 aromatic heterocycles. The number of hydrogen-bond acceptors (Lipinski definition) is 5. The lowest BCUT2D eigenvalue weighted by atomic mass is 10.2. The molecule has 0 spiro atoms. The summed E-state index contributed by atoms with van der Waals surface area (Å²) in [5.74, 6) is -1.37. The normalized spacial score (nSPS) is 15.9. The van der Waals surface area contributed by atoms with Gasteiger partial charge in [-0.2, -0.15) is 4.31 Å². The number of sulfonamides is 1. The summed E-state index contributed by atoms with van der Waals surface area (Å²) in [5, 5.41) is 10.2. The standard InChI is InChI=1S/C20H17Cl3N2O5S/c21-13-3-1-4-17(19(13)23)31(28,29)25-8-2-7-24(9-10-25)14-5-6-15-12(18(14)22)11-16(30-15)20(26)27/h1,3-6,11H,2,7-10H2,(H,26,27). The number of fused-ring (bicyclic) bond motifs is 1. The summed E-state index contributed by atoms with van der Waals surface area (Å²) in [6, 6.07) is 9.33. The summed E-state index contributed by atoms with van der Waals surface area (Å²) < 4.78 is 33.0. The third kappa shape index (κ3) is 4.10. The molecule has 2 aromatic carbocycles. The summed E-state index contributed by atoms with van der Waals surface area (Å²) in [6.45, 7) is 1.51. The number of nitrogens with zero attached hydrogens (tertiary/aromatic N) is 2. The summed E-state index contributed by atoms with van der Waals surface area (Å²) in [6.07, 6.45) is 0.567. The fourth-order valence-corrected chi connectivity index (χ4v) is 6.15. The number of rotatable bonds is 4. The number of hydrogen-bond donors (Lipinski definition) is 1. The zero-order chi connectivity index (χ0) is 22.3. The number of aromatic carboxylic acids is 1. The molecule has 1 aliphatic rings. The molecule has 1 aliphatic heterocycles. The molecule has 0 saturated carbocycles. The molecule has 1 N–H and O–H groups in total. The summed E-state index contributed by atoms with van der Waals surface area (Å²) in [4.78, 5) is 13.1. The van der Waals surface area contributed by atoms with Gasteiger partial charge >= 0.3 is 5.97 Å². The predicted octanol–water partition coefficient (Wildman–Crippen LogP) is 4.99. The van der Waals surface area contributed by atoms with Crippen LogP contribution in [-0.2, 0) is 10.0 Å². The van der Waals surface area contributed by atoms with Crippen LogP contribution in [0.1, 0.15) is 17.0 Å². The Balaban J connectivity index is 1.60. The zero-order valence-electron chi connectivity index (χ0n) is 16.0. The first-order valence-corrected chi connectivity index (χ1v) is 11.9. The maximum Gasteiger partial charge on any atom is 0.371 e. The van der Waals surface area contributed by atoms with Crippen LogP contribution < -0.4 is 4.90 Å². The van der Waals surface area contributed by atoms with Crippen molar-refractivity contribution < 1.29 is 22.7 Å². The highest BCUT2D eigenvalue weighted by atomic mass is 35.5.